The molecule has 0 aliphatic rings. The smallest absolute Gasteiger partial charge is 0.236 e. The summed E-state index contributed by atoms with van der Waals surface area (Å²) in [6.07, 6.45) is 0.787. The zero-order chi connectivity index (χ0) is 15.1. The summed E-state index contributed by atoms with van der Waals surface area (Å²) < 4.78 is 13.7. The first-order chi connectivity index (χ1) is 9.47. The molecule has 1 atom stereocenters. The van der Waals surface area contributed by atoms with Crippen molar-refractivity contribution in [1.29, 1.82) is 0 Å². The summed E-state index contributed by atoms with van der Waals surface area (Å²) in [5, 5.41) is 0. The Bertz CT molecular complexity index is 439. The lowest BCUT2D eigenvalue weighted by Gasteiger charge is -2.27. The summed E-state index contributed by atoms with van der Waals surface area (Å²) in [6.45, 7) is 3.37. The van der Waals surface area contributed by atoms with Gasteiger partial charge in [0, 0.05) is 25.2 Å². The maximum absolute atomic E-state index is 13.7. The summed E-state index contributed by atoms with van der Waals surface area (Å²) in [5.74, 6) is -0.222. The Morgan fingerprint density at radius 1 is 1.35 bits per heavy atom. The van der Waals surface area contributed by atoms with E-state index >= 15 is 0 Å². The summed E-state index contributed by atoms with van der Waals surface area (Å²) in [7, 11) is 3.59. The normalized spacial score (nSPS) is 12.5. The molecule has 1 unspecified atom stereocenters. The van der Waals surface area contributed by atoms with E-state index in [1.807, 2.05) is 18.9 Å². The molecule has 0 aliphatic carbocycles. The predicted octanol–water partition coefficient (Wildman–Crippen LogP) is 1.63. The number of halogens is 1. The molecule has 0 saturated carbocycles. The molecule has 0 aliphatic heterocycles. The molecule has 0 spiro atoms. The highest BCUT2D eigenvalue weighted by molar-refractivity contribution is 5.78. The molecule has 0 radical (unpaired) electrons. The molecule has 20 heavy (non-hydrogen) atoms. The molecule has 112 valence electrons. The quantitative estimate of drug-likeness (QED) is 0.826. The van der Waals surface area contributed by atoms with Gasteiger partial charge in [-0.25, -0.2) is 4.39 Å². The fraction of sp³-hybridized carbons (Fsp3) is 0.533. The Morgan fingerprint density at radius 3 is 2.60 bits per heavy atom. The van der Waals surface area contributed by atoms with Gasteiger partial charge in [0.2, 0.25) is 5.91 Å². The van der Waals surface area contributed by atoms with Crippen LogP contribution in [0.15, 0.2) is 24.3 Å². The van der Waals surface area contributed by atoms with Crippen LogP contribution in [0, 0.1) is 5.82 Å². The number of likely N-dealkylation sites (N-methyl/N-ethyl adjacent to an activating group) is 2. The maximum Gasteiger partial charge on any atom is 0.236 e. The number of hydrogen-bond donors (Lipinski definition) is 1. The van der Waals surface area contributed by atoms with E-state index in [-0.39, 0.29) is 24.3 Å². The second kappa shape index (κ2) is 7.97. The highest BCUT2D eigenvalue weighted by Gasteiger charge is 2.19. The molecule has 5 heteroatoms. The van der Waals surface area contributed by atoms with Crippen LogP contribution in [-0.4, -0.2) is 49.4 Å². The van der Waals surface area contributed by atoms with Crippen LogP contribution in [0.25, 0.3) is 0 Å². The minimum Gasteiger partial charge on any atom is -0.345 e. The minimum absolute atomic E-state index is 0.0177. The van der Waals surface area contributed by atoms with Gasteiger partial charge in [-0.15, -0.1) is 0 Å². The SMILES string of the molecule is CC(c1ccccc1F)N(C)CC(=O)N(C)CCCN. The molecule has 1 rings (SSSR count). The lowest BCUT2D eigenvalue weighted by molar-refractivity contribution is -0.131. The van der Waals surface area contributed by atoms with Gasteiger partial charge >= 0.3 is 0 Å². The second-order valence-corrected chi connectivity index (χ2v) is 5.07. The van der Waals surface area contributed by atoms with E-state index in [9.17, 15) is 9.18 Å². The standard InChI is InChI=1S/C15H24FN3O/c1-12(13-7-4-5-8-14(13)16)19(3)11-15(20)18(2)10-6-9-17/h4-5,7-8,12H,6,9-11,17H2,1-3H3. The number of carbonyl (C=O) groups excluding carboxylic acids is 1. The highest BCUT2D eigenvalue weighted by atomic mass is 19.1. The van der Waals surface area contributed by atoms with Crippen LogP contribution in [0.4, 0.5) is 4.39 Å². The lowest BCUT2D eigenvalue weighted by Crippen LogP contribution is -2.38. The van der Waals surface area contributed by atoms with Crippen LogP contribution in [0.3, 0.4) is 0 Å². The fourth-order valence-electron chi connectivity index (χ4n) is 1.98. The largest absolute Gasteiger partial charge is 0.345 e. The van der Waals surface area contributed by atoms with Crippen molar-refractivity contribution >= 4 is 5.91 Å². The highest BCUT2D eigenvalue weighted by Crippen LogP contribution is 2.21. The Kier molecular flexibility index (Phi) is 6.61. The molecule has 0 fully saturated rings. The summed E-state index contributed by atoms with van der Waals surface area (Å²) in [6, 6.07) is 6.51. The van der Waals surface area contributed by atoms with Crippen LogP contribution in [0.2, 0.25) is 0 Å². The Labute approximate surface area is 120 Å². The van der Waals surface area contributed by atoms with E-state index in [1.165, 1.54) is 6.07 Å². The first-order valence-corrected chi connectivity index (χ1v) is 6.86. The Balaban J connectivity index is 2.60. The van der Waals surface area contributed by atoms with Crippen molar-refractivity contribution in [2.45, 2.75) is 19.4 Å². The number of benzene rings is 1. The third kappa shape index (κ3) is 4.58. The third-order valence-electron chi connectivity index (χ3n) is 3.52. The van der Waals surface area contributed by atoms with E-state index in [4.69, 9.17) is 5.73 Å². The summed E-state index contributed by atoms with van der Waals surface area (Å²) in [5.41, 5.74) is 6.03. The van der Waals surface area contributed by atoms with E-state index in [1.54, 1.807) is 30.1 Å². The van der Waals surface area contributed by atoms with E-state index in [0.29, 0.717) is 18.7 Å². The van der Waals surface area contributed by atoms with Gasteiger partial charge in [0.15, 0.2) is 0 Å². The van der Waals surface area contributed by atoms with Gasteiger partial charge < -0.3 is 10.6 Å². The maximum atomic E-state index is 13.7. The van der Waals surface area contributed by atoms with Crippen molar-refractivity contribution in [2.24, 2.45) is 5.73 Å². The first kappa shape index (κ1) is 16.6. The zero-order valence-corrected chi connectivity index (χ0v) is 12.5. The van der Waals surface area contributed by atoms with E-state index < -0.39 is 0 Å². The molecule has 0 bridgehead atoms. The van der Waals surface area contributed by atoms with Crippen molar-refractivity contribution in [3.8, 4) is 0 Å². The zero-order valence-electron chi connectivity index (χ0n) is 12.5. The molecule has 0 aromatic heterocycles. The molecule has 1 aromatic carbocycles. The third-order valence-corrected chi connectivity index (χ3v) is 3.52. The molecular weight excluding hydrogens is 257 g/mol. The predicted molar refractivity (Wildman–Crippen MR) is 78.8 cm³/mol. The van der Waals surface area contributed by atoms with Crippen LogP contribution in [-0.2, 0) is 4.79 Å². The average Bonchev–Trinajstić information content (AvgIpc) is 2.44. The van der Waals surface area contributed by atoms with Gasteiger partial charge in [-0.2, -0.15) is 0 Å². The number of nitrogens with two attached hydrogens (primary N) is 1. The number of carbonyl (C=O) groups is 1. The molecule has 1 amide bonds. The van der Waals surface area contributed by atoms with Crippen LogP contribution < -0.4 is 5.73 Å². The number of nitrogens with zero attached hydrogens (tertiary/aromatic N) is 2. The Morgan fingerprint density at radius 2 is 2.00 bits per heavy atom. The van der Waals surface area contributed by atoms with Gasteiger partial charge in [0.1, 0.15) is 5.82 Å². The van der Waals surface area contributed by atoms with Crippen molar-refractivity contribution in [2.75, 3.05) is 33.7 Å². The summed E-state index contributed by atoms with van der Waals surface area (Å²) in [4.78, 5) is 15.5. The van der Waals surface area contributed by atoms with Gasteiger partial charge in [-0.1, -0.05) is 18.2 Å². The van der Waals surface area contributed by atoms with Crippen LogP contribution in [0.1, 0.15) is 24.9 Å². The van der Waals surface area contributed by atoms with Crippen molar-refractivity contribution in [1.82, 2.24) is 9.80 Å². The molecule has 4 nitrogen and oxygen atoms in total. The Hall–Kier alpha value is -1.46. The first-order valence-electron chi connectivity index (χ1n) is 6.86. The van der Waals surface area contributed by atoms with Crippen LogP contribution in [0.5, 0.6) is 0 Å². The monoisotopic (exact) mass is 281 g/mol. The minimum atomic E-state index is -0.240. The molecule has 0 heterocycles. The van der Waals surface area contributed by atoms with Crippen molar-refractivity contribution in [3.63, 3.8) is 0 Å². The van der Waals surface area contributed by atoms with Crippen molar-refractivity contribution < 1.29 is 9.18 Å². The number of hydrogen-bond acceptors (Lipinski definition) is 3. The van der Waals surface area contributed by atoms with Gasteiger partial charge in [0.25, 0.3) is 0 Å². The van der Waals surface area contributed by atoms with Crippen molar-refractivity contribution in [3.05, 3.63) is 35.6 Å². The molecular formula is C15H24FN3O. The van der Waals surface area contributed by atoms with Gasteiger partial charge in [0.05, 0.1) is 6.54 Å². The topological polar surface area (TPSA) is 49.6 Å². The average molecular weight is 281 g/mol. The van der Waals surface area contributed by atoms with E-state index in [0.717, 1.165) is 6.42 Å². The number of rotatable bonds is 7. The van der Waals surface area contributed by atoms with Crippen LogP contribution >= 0.6 is 0 Å². The van der Waals surface area contributed by atoms with Gasteiger partial charge in [-0.3, -0.25) is 9.69 Å². The summed E-state index contributed by atoms with van der Waals surface area (Å²) >= 11 is 0. The molecule has 1 aromatic rings. The second-order valence-electron chi connectivity index (χ2n) is 5.07. The molecule has 2 N–H and O–H groups in total. The fourth-order valence-corrected chi connectivity index (χ4v) is 1.98. The van der Waals surface area contributed by atoms with Gasteiger partial charge in [-0.05, 0) is 33.0 Å². The number of amides is 1. The lowest BCUT2D eigenvalue weighted by atomic mass is 10.1. The molecule has 0 saturated heterocycles. The van der Waals surface area contributed by atoms with E-state index in [2.05, 4.69) is 0 Å².